The monoisotopic (exact) mass is 179 g/mol. The van der Waals surface area contributed by atoms with Crippen molar-refractivity contribution in [2.75, 3.05) is 13.7 Å². The van der Waals surface area contributed by atoms with Crippen molar-refractivity contribution >= 4 is 0 Å². The fourth-order valence-corrected chi connectivity index (χ4v) is 1.50. The average molecular weight is 179 g/mol. The lowest BCUT2D eigenvalue weighted by Gasteiger charge is -2.07. The maximum Gasteiger partial charge on any atom is 0.101 e. The first-order valence-corrected chi connectivity index (χ1v) is 4.59. The van der Waals surface area contributed by atoms with Gasteiger partial charge in [0.25, 0.3) is 0 Å². The van der Waals surface area contributed by atoms with E-state index >= 15 is 0 Å². The molecule has 0 aromatic heterocycles. The van der Waals surface area contributed by atoms with Crippen LogP contribution in [0.15, 0.2) is 35.6 Å². The lowest BCUT2D eigenvalue weighted by atomic mass is 10.1. The minimum Gasteiger partial charge on any atom is -0.382 e. The first-order valence-electron chi connectivity index (χ1n) is 4.59. The van der Waals surface area contributed by atoms with Crippen molar-refractivity contribution in [3.63, 3.8) is 0 Å². The molecule has 0 fully saturated rings. The summed E-state index contributed by atoms with van der Waals surface area (Å²) in [5.41, 5.74) is 2.41. The fourth-order valence-electron chi connectivity index (χ4n) is 1.50. The van der Waals surface area contributed by atoms with E-state index in [1.165, 1.54) is 11.3 Å². The summed E-state index contributed by atoms with van der Waals surface area (Å²) in [6.07, 6.45) is 8.45. The summed E-state index contributed by atoms with van der Waals surface area (Å²) >= 11 is 0. The first kappa shape index (κ1) is 10.1. The van der Waals surface area contributed by atoms with E-state index in [4.69, 9.17) is 4.74 Å². The Labute approximate surface area is 80.0 Å². The average Bonchev–Trinajstić information content (AvgIpc) is 2.50. The van der Waals surface area contributed by atoms with Gasteiger partial charge in [-0.2, -0.15) is 0 Å². The second kappa shape index (κ2) is 4.87. The molecule has 72 valence electrons. The molecule has 13 heavy (non-hydrogen) atoms. The zero-order valence-corrected chi connectivity index (χ0v) is 8.50. The van der Waals surface area contributed by atoms with Gasteiger partial charge in [-0.25, -0.2) is 0 Å². The summed E-state index contributed by atoms with van der Waals surface area (Å²) in [7, 11) is 1.74. The third kappa shape index (κ3) is 2.22. The molecule has 0 aromatic carbocycles. The van der Waals surface area contributed by atoms with Crippen LogP contribution in [0.1, 0.15) is 13.8 Å². The van der Waals surface area contributed by atoms with Crippen molar-refractivity contribution in [1.29, 1.82) is 0 Å². The molecule has 2 heteroatoms. The molecule has 1 atom stereocenters. The maximum absolute atomic E-state index is 5.35. The number of rotatable bonds is 3. The molecule has 1 aliphatic rings. The minimum absolute atomic E-state index is 0.197. The maximum atomic E-state index is 5.35. The summed E-state index contributed by atoms with van der Waals surface area (Å²) in [5, 5.41) is 3.31. The fraction of sp³-hybridized carbons (Fsp3) is 0.455. The molecule has 1 unspecified atom stereocenters. The van der Waals surface area contributed by atoms with Gasteiger partial charge in [-0.1, -0.05) is 18.2 Å². The highest BCUT2D eigenvalue weighted by molar-refractivity contribution is 5.38. The van der Waals surface area contributed by atoms with Crippen LogP contribution in [0, 0.1) is 0 Å². The molecule has 0 amide bonds. The third-order valence-electron chi connectivity index (χ3n) is 2.10. The van der Waals surface area contributed by atoms with Gasteiger partial charge in [0.05, 0.1) is 0 Å². The quantitative estimate of drug-likeness (QED) is 0.715. The molecule has 0 aromatic rings. The Morgan fingerprint density at radius 2 is 2.00 bits per heavy atom. The van der Waals surface area contributed by atoms with Gasteiger partial charge in [0.1, 0.15) is 6.10 Å². The van der Waals surface area contributed by atoms with Crippen LogP contribution >= 0.6 is 0 Å². The molecule has 0 bridgehead atoms. The largest absolute Gasteiger partial charge is 0.382 e. The van der Waals surface area contributed by atoms with Crippen molar-refractivity contribution in [2.45, 2.75) is 20.0 Å². The number of ether oxygens (including phenoxy) is 1. The van der Waals surface area contributed by atoms with E-state index in [0.717, 1.165) is 6.54 Å². The Morgan fingerprint density at radius 3 is 2.54 bits per heavy atom. The van der Waals surface area contributed by atoms with E-state index in [9.17, 15) is 0 Å². The molecule has 1 aliphatic heterocycles. The standard InChI is InChI=1S/C11H17NO/c1-4-6-9-10(7-5-2)12-8-11(9)13-3/h4-7,11-12H,8H2,1-3H3/b6-4-,7-5-. The Hall–Kier alpha value is -1.02. The molecular formula is C11H17NO. The molecule has 1 heterocycles. The van der Waals surface area contributed by atoms with Crippen molar-refractivity contribution in [3.8, 4) is 0 Å². The number of nitrogens with one attached hydrogen (secondary N) is 1. The van der Waals surface area contributed by atoms with Gasteiger partial charge in [0.2, 0.25) is 0 Å². The van der Waals surface area contributed by atoms with Crippen LogP contribution in [-0.4, -0.2) is 19.8 Å². The van der Waals surface area contributed by atoms with Gasteiger partial charge < -0.3 is 10.1 Å². The Kier molecular flexibility index (Phi) is 3.77. The highest BCUT2D eigenvalue weighted by Crippen LogP contribution is 2.18. The Bertz CT molecular complexity index is 251. The molecular weight excluding hydrogens is 162 g/mol. The number of allylic oxidation sites excluding steroid dienone is 3. The molecule has 0 saturated carbocycles. The van der Waals surface area contributed by atoms with E-state index in [1.54, 1.807) is 7.11 Å². The van der Waals surface area contributed by atoms with Crippen molar-refractivity contribution in [1.82, 2.24) is 5.32 Å². The summed E-state index contributed by atoms with van der Waals surface area (Å²) in [6, 6.07) is 0. The molecule has 0 saturated heterocycles. The lowest BCUT2D eigenvalue weighted by Crippen LogP contribution is -2.18. The van der Waals surface area contributed by atoms with Gasteiger partial charge in [0.15, 0.2) is 0 Å². The van der Waals surface area contributed by atoms with Crippen LogP contribution in [0.5, 0.6) is 0 Å². The zero-order chi connectivity index (χ0) is 9.68. The molecule has 1 rings (SSSR count). The van der Waals surface area contributed by atoms with Gasteiger partial charge >= 0.3 is 0 Å². The van der Waals surface area contributed by atoms with Crippen LogP contribution in [0.2, 0.25) is 0 Å². The van der Waals surface area contributed by atoms with Gasteiger partial charge in [-0.3, -0.25) is 0 Å². The van der Waals surface area contributed by atoms with E-state index < -0.39 is 0 Å². The summed E-state index contributed by atoms with van der Waals surface area (Å²) < 4.78 is 5.35. The topological polar surface area (TPSA) is 21.3 Å². The van der Waals surface area contributed by atoms with Crippen molar-refractivity contribution in [3.05, 3.63) is 35.6 Å². The molecule has 1 N–H and O–H groups in total. The number of methoxy groups -OCH3 is 1. The minimum atomic E-state index is 0.197. The third-order valence-corrected chi connectivity index (χ3v) is 2.10. The summed E-state index contributed by atoms with van der Waals surface area (Å²) in [6.45, 7) is 4.91. The zero-order valence-electron chi connectivity index (χ0n) is 8.50. The SMILES string of the molecule is C/C=C\C1=C(/C=C\C)C(OC)CN1. The second-order valence-corrected chi connectivity index (χ2v) is 2.97. The van der Waals surface area contributed by atoms with E-state index in [1.807, 2.05) is 26.0 Å². The first-order chi connectivity index (χ1) is 6.33. The van der Waals surface area contributed by atoms with Crippen molar-refractivity contribution in [2.24, 2.45) is 0 Å². The van der Waals surface area contributed by atoms with Gasteiger partial charge in [0, 0.05) is 24.9 Å². The predicted octanol–water partition coefficient (Wildman–Crippen LogP) is 2.01. The summed E-state index contributed by atoms with van der Waals surface area (Å²) in [4.78, 5) is 0. The van der Waals surface area contributed by atoms with E-state index in [0.29, 0.717) is 0 Å². The Balaban J connectivity index is 2.90. The van der Waals surface area contributed by atoms with Gasteiger partial charge in [-0.05, 0) is 19.9 Å². The predicted molar refractivity (Wildman–Crippen MR) is 55.5 cm³/mol. The van der Waals surface area contributed by atoms with Gasteiger partial charge in [-0.15, -0.1) is 0 Å². The second-order valence-electron chi connectivity index (χ2n) is 2.97. The van der Waals surface area contributed by atoms with E-state index in [2.05, 4.69) is 17.5 Å². The lowest BCUT2D eigenvalue weighted by molar-refractivity contribution is 0.143. The van der Waals surface area contributed by atoms with Crippen molar-refractivity contribution < 1.29 is 4.74 Å². The molecule has 0 spiro atoms. The van der Waals surface area contributed by atoms with Crippen LogP contribution in [0.4, 0.5) is 0 Å². The van der Waals surface area contributed by atoms with Crippen LogP contribution in [0.3, 0.4) is 0 Å². The van der Waals surface area contributed by atoms with Crippen LogP contribution in [0.25, 0.3) is 0 Å². The normalized spacial score (nSPS) is 23.5. The van der Waals surface area contributed by atoms with Crippen LogP contribution in [-0.2, 0) is 4.74 Å². The molecule has 0 radical (unpaired) electrons. The molecule has 2 nitrogen and oxygen atoms in total. The van der Waals surface area contributed by atoms with E-state index in [-0.39, 0.29) is 6.10 Å². The highest BCUT2D eigenvalue weighted by Gasteiger charge is 2.20. The number of hydrogen-bond donors (Lipinski definition) is 1. The molecule has 0 aliphatic carbocycles. The summed E-state index contributed by atoms with van der Waals surface area (Å²) in [5.74, 6) is 0. The van der Waals surface area contributed by atoms with Crippen LogP contribution < -0.4 is 5.32 Å². The number of hydrogen-bond acceptors (Lipinski definition) is 2. The Morgan fingerprint density at radius 1 is 1.31 bits per heavy atom. The highest BCUT2D eigenvalue weighted by atomic mass is 16.5. The smallest absolute Gasteiger partial charge is 0.101 e.